The van der Waals surface area contributed by atoms with Gasteiger partial charge in [0.15, 0.2) is 0 Å². The van der Waals surface area contributed by atoms with Crippen molar-refractivity contribution in [2.75, 3.05) is 7.11 Å². The van der Waals surface area contributed by atoms with E-state index in [1.165, 1.54) is 0 Å². The standard InChI is InChI=1S/C10H18O2/c1-9(2,12-4)5-6-10(3)7-8(10)11/h5-7H2,1-4H3. The molecule has 1 saturated carbocycles. The summed E-state index contributed by atoms with van der Waals surface area (Å²) >= 11 is 0. The van der Waals surface area contributed by atoms with E-state index in [0.717, 1.165) is 19.3 Å². The molecule has 0 aromatic rings. The zero-order chi connectivity index (χ0) is 9.41. The van der Waals surface area contributed by atoms with Gasteiger partial charge in [-0.2, -0.15) is 0 Å². The molecule has 1 rings (SSSR count). The number of ketones is 1. The summed E-state index contributed by atoms with van der Waals surface area (Å²) < 4.78 is 5.28. The van der Waals surface area contributed by atoms with Gasteiger partial charge in [-0.3, -0.25) is 4.79 Å². The highest BCUT2D eigenvalue weighted by atomic mass is 16.5. The molecule has 0 heterocycles. The fourth-order valence-electron chi connectivity index (χ4n) is 1.22. The Balaban J connectivity index is 2.31. The van der Waals surface area contributed by atoms with Gasteiger partial charge in [-0.1, -0.05) is 6.92 Å². The predicted octanol–water partition coefficient (Wildman–Crippen LogP) is 2.17. The topological polar surface area (TPSA) is 26.3 Å². The fraction of sp³-hybridized carbons (Fsp3) is 0.900. The molecule has 1 unspecified atom stereocenters. The zero-order valence-electron chi connectivity index (χ0n) is 8.44. The van der Waals surface area contributed by atoms with Crippen LogP contribution in [0.1, 0.15) is 40.0 Å². The van der Waals surface area contributed by atoms with E-state index in [-0.39, 0.29) is 11.0 Å². The minimum absolute atomic E-state index is 0.00417. The molecule has 1 fully saturated rings. The van der Waals surface area contributed by atoms with E-state index in [0.29, 0.717) is 5.78 Å². The number of methoxy groups -OCH3 is 1. The SMILES string of the molecule is COC(C)(C)CCC1(C)CC1=O. The highest BCUT2D eigenvalue weighted by molar-refractivity contribution is 6.00. The molecular formula is C10H18O2. The molecule has 1 aliphatic carbocycles. The van der Waals surface area contributed by atoms with Gasteiger partial charge in [0.05, 0.1) is 5.60 Å². The van der Waals surface area contributed by atoms with Crippen LogP contribution in [0.3, 0.4) is 0 Å². The minimum Gasteiger partial charge on any atom is -0.379 e. The Labute approximate surface area is 74.3 Å². The van der Waals surface area contributed by atoms with Crippen molar-refractivity contribution in [2.45, 2.75) is 45.6 Å². The molecule has 0 N–H and O–H groups in total. The van der Waals surface area contributed by atoms with Crippen LogP contribution in [0.25, 0.3) is 0 Å². The van der Waals surface area contributed by atoms with Crippen molar-refractivity contribution in [2.24, 2.45) is 5.41 Å². The van der Waals surface area contributed by atoms with Crippen molar-refractivity contribution in [1.29, 1.82) is 0 Å². The summed E-state index contributed by atoms with van der Waals surface area (Å²) in [5.41, 5.74) is -0.0817. The summed E-state index contributed by atoms with van der Waals surface area (Å²) in [4.78, 5) is 11.0. The lowest BCUT2D eigenvalue weighted by Gasteiger charge is -2.23. The summed E-state index contributed by atoms with van der Waals surface area (Å²) in [5, 5.41) is 0. The van der Waals surface area contributed by atoms with Gasteiger partial charge in [0.1, 0.15) is 5.78 Å². The van der Waals surface area contributed by atoms with Crippen LogP contribution in [-0.2, 0) is 9.53 Å². The second-order valence-corrected chi connectivity index (χ2v) is 4.62. The molecular weight excluding hydrogens is 152 g/mol. The molecule has 12 heavy (non-hydrogen) atoms. The van der Waals surface area contributed by atoms with Gasteiger partial charge in [-0.25, -0.2) is 0 Å². The normalized spacial score (nSPS) is 29.2. The van der Waals surface area contributed by atoms with E-state index >= 15 is 0 Å². The van der Waals surface area contributed by atoms with Gasteiger partial charge >= 0.3 is 0 Å². The van der Waals surface area contributed by atoms with Gasteiger partial charge in [-0.15, -0.1) is 0 Å². The Hall–Kier alpha value is -0.370. The number of Topliss-reactive ketones (excluding diaryl/α,β-unsaturated/α-hetero) is 1. The first-order valence-electron chi connectivity index (χ1n) is 4.48. The van der Waals surface area contributed by atoms with Crippen LogP contribution in [0, 0.1) is 5.41 Å². The molecule has 0 amide bonds. The Bertz CT molecular complexity index is 196. The van der Waals surface area contributed by atoms with Crippen LogP contribution in [0.15, 0.2) is 0 Å². The fourth-order valence-corrected chi connectivity index (χ4v) is 1.22. The van der Waals surface area contributed by atoms with E-state index in [1.807, 2.05) is 6.92 Å². The number of ether oxygens (including phenoxy) is 1. The maximum atomic E-state index is 11.0. The number of carbonyl (C=O) groups excluding carboxylic acids is 1. The average Bonchev–Trinajstić information content (AvgIpc) is 2.58. The molecule has 0 bridgehead atoms. The third-order valence-corrected chi connectivity index (χ3v) is 2.93. The van der Waals surface area contributed by atoms with E-state index in [9.17, 15) is 4.79 Å². The van der Waals surface area contributed by atoms with E-state index in [4.69, 9.17) is 4.74 Å². The second-order valence-electron chi connectivity index (χ2n) is 4.62. The molecule has 0 aromatic carbocycles. The summed E-state index contributed by atoms with van der Waals surface area (Å²) in [7, 11) is 1.72. The number of carbonyl (C=O) groups is 1. The highest BCUT2D eigenvalue weighted by Gasteiger charge is 2.48. The maximum absolute atomic E-state index is 11.0. The lowest BCUT2D eigenvalue weighted by molar-refractivity contribution is -0.113. The first-order valence-corrected chi connectivity index (χ1v) is 4.48. The number of hydrogen-bond donors (Lipinski definition) is 0. The van der Waals surface area contributed by atoms with Crippen molar-refractivity contribution in [3.63, 3.8) is 0 Å². The summed E-state index contributed by atoms with van der Waals surface area (Å²) in [5.74, 6) is 0.411. The third kappa shape index (κ3) is 2.07. The van der Waals surface area contributed by atoms with E-state index in [1.54, 1.807) is 7.11 Å². The molecule has 0 aromatic heterocycles. The van der Waals surface area contributed by atoms with Crippen molar-refractivity contribution in [1.82, 2.24) is 0 Å². The third-order valence-electron chi connectivity index (χ3n) is 2.93. The average molecular weight is 170 g/mol. The molecule has 0 spiro atoms. The van der Waals surface area contributed by atoms with Crippen LogP contribution >= 0.6 is 0 Å². The van der Waals surface area contributed by atoms with Gasteiger partial charge in [0.2, 0.25) is 0 Å². The second kappa shape index (κ2) is 2.84. The summed E-state index contributed by atoms with van der Waals surface area (Å²) in [6.45, 7) is 6.16. The van der Waals surface area contributed by atoms with Crippen molar-refractivity contribution in [3.8, 4) is 0 Å². The largest absolute Gasteiger partial charge is 0.379 e. The molecule has 1 aliphatic rings. The monoisotopic (exact) mass is 170 g/mol. The smallest absolute Gasteiger partial charge is 0.140 e. The van der Waals surface area contributed by atoms with Crippen molar-refractivity contribution < 1.29 is 9.53 Å². The summed E-state index contributed by atoms with van der Waals surface area (Å²) in [6.07, 6.45) is 2.70. The molecule has 2 nitrogen and oxygen atoms in total. The van der Waals surface area contributed by atoms with Crippen LogP contribution in [0.2, 0.25) is 0 Å². The van der Waals surface area contributed by atoms with Gasteiger partial charge < -0.3 is 4.74 Å². The van der Waals surface area contributed by atoms with Gasteiger partial charge in [-0.05, 0) is 26.7 Å². The van der Waals surface area contributed by atoms with Gasteiger partial charge in [0.25, 0.3) is 0 Å². The van der Waals surface area contributed by atoms with E-state index < -0.39 is 0 Å². The van der Waals surface area contributed by atoms with Crippen molar-refractivity contribution >= 4 is 5.78 Å². The van der Waals surface area contributed by atoms with Crippen LogP contribution in [0.5, 0.6) is 0 Å². The lowest BCUT2D eigenvalue weighted by Crippen LogP contribution is -2.23. The zero-order valence-corrected chi connectivity index (χ0v) is 8.44. The van der Waals surface area contributed by atoms with Gasteiger partial charge in [0, 0.05) is 18.9 Å². The molecule has 0 radical (unpaired) electrons. The number of rotatable bonds is 4. The molecule has 0 saturated heterocycles. The Kier molecular flexibility index (Phi) is 2.30. The van der Waals surface area contributed by atoms with Crippen LogP contribution < -0.4 is 0 Å². The first kappa shape index (κ1) is 9.72. The predicted molar refractivity (Wildman–Crippen MR) is 48.1 cm³/mol. The molecule has 0 aliphatic heterocycles. The quantitative estimate of drug-likeness (QED) is 0.646. The van der Waals surface area contributed by atoms with Crippen molar-refractivity contribution in [3.05, 3.63) is 0 Å². The van der Waals surface area contributed by atoms with E-state index in [2.05, 4.69) is 13.8 Å². The minimum atomic E-state index is -0.0775. The Morgan fingerprint density at radius 1 is 1.58 bits per heavy atom. The highest BCUT2D eigenvalue weighted by Crippen LogP contribution is 2.45. The Morgan fingerprint density at radius 3 is 2.42 bits per heavy atom. The number of hydrogen-bond acceptors (Lipinski definition) is 2. The maximum Gasteiger partial charge on any atom is 0.140 e. The van der Waals surface area contributed by atoms with Crippen LogP contribution in [-0.4, -0.2) is 18.5 Å². The summed E-state index contributed by atoms with van der Waals surface area (Å²) in [6, 6.07) is 0. The lowest BCUT2D eigenvalue weighted by atomic mass is 9.94. The molecule has 70 valence electrons. The molecule has 1 atom stereocenters. The molecule has 2 heteroatoms. The first-order chi connectivity index (χ1) is 5.40. The Morgan fingerprint density at radius 2 is 2.08 bits per heavy atom. The van der Waals surface area contributed by atoms with Crippen LogP contribution in [0.4, 0.5) is 0 Å².